The van der Waals surface area contributed by atoms with E-state index in [9.17, 15) is 8.42 Å². The second-order valence-electron chi connectivity index (χ2n) is 5.97. The number of rotatable bonds is 4. The van der Waals surface area contributed by atoms with Gasteiger partial charge in [-0.3, -0.25) is 0 Å². The van der Waals surface area contributed by atoms with Gasteiger partial charge < -0.3 is 4.90 Å². The molecule has 1 aliphatic heterocycles. The molecule has 10 heteroatoms. The van der Waals surface area contributed by atoms with E-state index in [0.29, 0.717) is 36.2 Å². The van der Waals surface area contributed by atoms with Crippen molar-refractivity contribution in [1.82, 2.24) is 24.3 Å². The third kappa shape index (κ3) is 3.22. The van der Waals surface area contributed by atoms with Gasteiger partial charge in [-0.15, -0.1) is 21.5 Å². The molecule has 0 atom stereocenters. The Kier molecular flexibility index (Phi) is 4.47. The normalized spacial score (nSPS) is 16.1. The average Bonchev–Trinajstić information content (AvgIpc) is 3.34. The number of aryl methyl sites for hydroxylation is 1. The first-order chi connectivity index (χ1) is 12.5. The van der Waals surface area contributed by atoms with E-state index in [0.717, 1.165) is 11.5 Å². The number of thiophene rings is 1. The van der Waals surface area contributed by atoms with Crippen molar-refractivity contribution in [3.05, 3.63) is 47.6 Å². The third-order valence-electron chi connectivity index (χ3n) is 4.25. The molecule has 136 valence electrons. The second kappa shape index (κ2) is 6.78. The van der Waals surface area contributed by atoms with Crippen molar-refractivity contribution in [2.45, 2.75) is 11.1 Å². The predicted molar refractivity (Wildman–Crippen MR) is 99.2 cm³/mol. The number of hydrogen-bond donors (Lipinski definition) is 0. The van der Waals surface area contributed by atoms with Crippen molar-refractivity contribution in [3.63, 3.8) is 0 Å². The SMILES string of the molecule is Cc1ccn(-c2ccc(N3CCN(S(=O)(=O)c4cccs4)CC3)nn2)n1. The number of nitrogens with zero attached hydrogens (tertiary/aromatic N) is 6. The minimum absolute atomic E-state index is 0.393. The molecule has 3 aromatic rings. The van der Waals surface area contributed by atoms with Crippen LogP contribution in [-0.2, 0) is 10.0 Å². The van der Waals surface area contributed by atoms with Crippen molar-refractivity contribution >= 4 is 27.2 Å². The summed E-state index contributed by atoms with van der Waals surface area (Å²) in [5.74, 6) is 1.39. The lowest BCUT2D eigenvalue weighted by Crippen LogP contribution is -2.48. The molecule has 0 aliphatic carbocycles. The van der Waals surface area contributed by atoms with Crippen LogP contribution in [0.1, 0.15) is 5.69 Å². The maximum Gasteiger partial charge on any atom is 0.252 e. The Labute approximate surface area is 155 Å². The van der Waals surface area contributed by atoms with Gasteiger partial charge in [-0.05, 0) is 36.6 Å². The first-order valence-electron chi connectivity index (χ1n) is 8.19. The van der Waals surface area contributed by atoms with E-state index in [2.05, 4.69) is 15.3 Å². The van der Waals surface area contributed by atoms with Crippen LogP contribution in [0.3, 0.4) is 0 Å². The number of anilines is 1. The van der Waals surface area contributed by atoms with Crippen LogP contribution in [0.15, 0.2) is 46.1 Å². The third-order valence-corrected chi connectivity index (χ3v) is 7.52. The van der Waals surface area contributed by atoms with Gasteiger partial charge in [0.2, 0.25) is 0 Å². The zero-order valence-corrected chi connectivity index (χ0v) is 15.8. The van der Waals surface area contributed by atoms with Crippen molar-refractivity contribution < 1.29 is 8.42 Å². The fraction of sp³-hybridized carbons (Fsp3) is 0.312. The molecule has 1 saturated heterocycles. The Morgan fingerprint density at radius 2 is 1.73 bits per heavy atom. The van der Waals surface area contributed by atoms with Crippen LogP contribution >= 0.6 is 11.3 Å². The topological polar surface area (TPSA) is 84.2 Å². The summed E-state index contributed by atoms with van der Waals surface area (Å²) < 4.78 is 28.8. The monoisotopic (exact) mass is 390 g/mol. The minimum atomic E-state index is -3.39. The van der Waals surface area contributed by atoms with Crippen LogP contribution in [0, 0.1) is 6.92 Å². The Balaban J connectivity index is 1.43. The lowest BCUT2D eigenvalue weighted by atomic mass is 10.3. The molecule has 3 aromatic heterocycles. The molecule has 1 fully saturated rings. The van der Waals surface area contributed by atoms with Gasteiger partial charge in [-0.25, -0.2) is 13.1 Å². The first kappa shape index (κ1) is 17.1. The molecule has 8 nitrogen and oxygen atoms in total. The number of hydrogen-bond acceptors (Lipinski definition) is 7. The quantitative estimate of drug-likeness (QED) is 0.672. The van der Waals surface area contributed by atoms with E-state index in [1.807, 2.05) is 36.2 Å². The zero-order valence-electron chi connectivity index (χ0n) is 14.2. The summed E-state index contributed by atoms with van der Waals surface area (Å²) in [5.41, 5.74) is 0.916. The lowest BCUT2D eigenvalue weighted by molar-refractivity contribution is 0.384. The fourth-order valence-corrected chi connectivity index (χ4v) is 5.41. The summed E-state index contributed by atoms with van der Waals surface area (Å²) in [5, 5.41) is 14.6. The van der Waals surface area contributed by atoms with Crippen LogP contribution in [-0.4, -0.2) is 58.9 Å². The first-order valence-corrected chi connectivity index (χ1v) is 10.5. The zero-order chi connectivity index (χ0) is 18.1. The Morgan fingerprint density at radius 3 is 2.31 bits per heavy atom. The van der Waals surface area contributed by atoms with Crippen LogP contribution < -0.4 is 4.90 Å². The molecule has 4 heterocycles. The van der Waals surface area contributed by atoms with Crippen molar-refractivity contribution in [3.8, 4) is 5.82 Å². The van der Waals surface area contributed by atoms with Crippen molar-refractivity contribution in [2.75, 3.05) is 31.1 Å². The summed E-state index contributed by atoms with van der Waals surface area (Å²) >= 11 is 1.25. The summed E-state index contributed by atoms with van der Waals surface area (Å²) in [6.45, 7) is 3.95. The Hall–Kier alpha value is -2.30. The van der Waals surface area contributed by atoms with Crippen LogP contribution in [0.2, 0.25) is 0 Å². The molecule has 0 N–H and O–H groups in total. The summed E-state index contributed by atoms with van der Waals surface area (Å²) in [6, 6.07) is 9.06. The molecular formula is C16H18N6O2S2. The van der Waals surface area contributed by atoms with E-state index in [4.69, 9.17) is 0 Å². The highest BCUT2D eigenvalue weighted by atomic mass is 32.2. The average molecular weight is 390 g/mol. The summed E-state index contributed by atoms with van der Waals surface area (Å²) in [6.07, 6.45) is 1.84. The molecule has 0 bridgehead atoms. The highest BCUT2D eigenvalue weighted by Crippen LogP contribution is 2.23. The largest absolute Gasteiger partial charge is 0.352 e. The van der Waals surface area contributed by atoms with Crippen molar-refractivity contribution in [2.24, 2.45) is 0 Å². The Morgan fingerprint density at radius 1 is 1.00 bits per heavy atom. The highest BCUT2D eigenvalue weighted by molar-refractivity contribution is 7.91. The molecule has 0 radical (unpaired) electrons. The van der Waals surface area contributed by atoms with Crippen molar-refractivity contribution in [1.29, 1.82) is 0 Å². The van der Waals surface area contributed by atoms with E-state index >= 15 is 0 Å². The van der Waals surface area contributed by atoms with Gasteiger partial charge in [0.1, 0.15) is 4.21 Å². The molecule has 1 aliphatic rings. The molecule has 4 rings (SSSR count). The maximum absolute atomic E-state index is 12.6. The molecular weight excluding hydrogens is 372 g/mol. The van der Waals surface area contributed by atoms with Gasteiger partial charge >= 0.3 is 0 Å². The predicted octanol–water partition coefficient (Wildman–Crippen LogP) is 1.54. The van der Waals surface area contributed by atoms with Crippen LogP contribution in [0.25, 0.3) is 5.82 Å². The number of sulfonamides is 1. The molecule has 0 amide bonds. The lowest BCUT2D eigenvalue weighted by Gasteiger charge is -2.34. The second-order valence-corrected chi connectivity index (χ2v) is 9.09. The smallest absolute Gasteiger partial charge is 0.252 e. The van der Waals surface area contributed by atoms with Crippen LogP contribution in [0.4, 0.5) is 5.82 Å². The fourth-order valence-electron chi connectivity index (χ4n) is 2.85. The Bertz CT molecular complexity index is 974. The van der Waals surface area contributed by atoms with Crippen LogP contribution in [0.5, 0.6) is 0 Å². The highest BCUT2D eigenvalue weighted by Gasteiger charge is 2.29. The summed E-state index contributed by atoms with van der Waals surface area (Å²) in [4.78, 5) is 2.05. The van der Waals surface area contributed by atoms with E-state index in [-0.39, 0.29) is 0 Å². The minimum Gasteiger partial charge on any atom is -0.352 e. The maximum atomic E-state index is 12.6. The van der Waals surface area contributed by atoms with Gasteiger partial charge in [0, 0.05) is 32.4 Å². The molecule has 0 aromatic carbocycles. The van der Waals surface area contributed by atoms with Gasteiger partial charge in [0.25, 0.3) is 10.0 Å². The molecule has 0 spiro atoms. The van der Waals surface area contributed by atoms with Gasteiger partial charge in [-0.1, -0.05) is 6.07 Å². The van der Waals surface area contributed by atoms with Gasteiger partial charge in [0.05, 0.1) is 5.69 Å². The number of aromatic nitrogens is 4. The van der Waals surface area contributed by atoms with E-state index in [1.54, 1.807) is 22.2 Å². The molecule has 26 heavy (non-hydrogen) atoms. The molecule has 0 unspecified atom stereocenters. The van der Waals surface area contributed by atoms with E-state index in [1.165, 1.54) is 15.6 Å². The summed E-state index contributed by atoms with van der Waals surface area (Å²) in [7, 11) is -3.39. The standard InChI is InChI=1S/C16H18N6O2S2/c1-13-6-7-22(19-13)15-5-4-14(17-18-15)20-8-10-21(11-9-20)26(23,24)16-3-2-12-25-16/h2-7,12H,8-11H2,1H3. The number of piperazine rings is 1. The van der Waals surface area contributed by atoms with Gasteiger partial charge in [-0.2, -0.15) is 9.40 Å². The van der Waals surface area contributed by atoms with E-state index < -0.39 is 10.0 Å². The molecule has 0 saturated carbocycles. The van der Waals surface area contributed by atoms with Gasteiger partial charge in [0.15, 0.2) is 11.6 Å².